The lowest BCUT2D eigenvalue weighted by Crippen LogP contribution is -2.43. The van der Waals surface area contributed by atoms with Crippen molar-refractivity contribution in [2.45, 2.75) is 49.6 Å². The maximum absolute atomic E-state index is 13.5. The number of carbonyl (C=O) groups excluding carboxylic acids is 2. The molecule has 2 saturated heterocycles. The maximum atomic E-state index is 13.5. The number of esters is 1. The van der Waals surface area contributed by atoms with Crippen molar-refractivity contribution < 1.29 is 28.5 Å². The first-order chi connectivity index (χ1) is 14.0. The Morgan fingerprint density at radius 2 is 1.52 bits per heavy atom. The van der Waals surface area contributed by atoms with Gasteiger partial charge in [0.1, 0.15) is 23.7 Å². The van der Waals surface area contributed by atoms with Gasteiger partial charge in [-0.2, -0.15) is 0 Å². The molecular formula is C23H22O6. The first kappa shape index (κ1) is 18.3. The Bertz CT molecular complexity index is 1000. The average molecular weight is 394 g/mol. The minimum atomic E-state index is -0.847. The first-order valence-corrected chi connectivity index (χ1v) is 9.81. The third-order valence-electron chi connectivity index (χ3n) is 6.07. The van der Waals surface area contributed by atoms with Gasteiger partial charge in [-0.1, -0.05) is 24.3 Å². The molecule has 29 heavy (non-hydrogen) atoms. The van der Waals surface area contributed by atoms with Gasteiger partial charge in [0.2, 0.25) is 5.78 Å². The minimum absolute atomic E-state index is 0.0203. The first-order valence-electron chi connectivity index (χ1n) is 9.81. The van der Waals surface area contributed by atoms with Crippen molar-refractivity contribution in [1.82, 2.24) is 0 Å². The second kappa shape index (κ2) is 6.40. The summed E-state index contributed by atoms with van der Waals surface area (Å²) in [6, 6.07) is 14.8. The van der Waals surface area contributed by atoms with E-state index in [1.807, 2.05) is 30.3 Å². The van der Waals surface area contributed by atoms with Gasteiger partial charge in [0, 0.05) is 6.92 Å². The van der Waals surface area contributed by atoms with Crippen molar-refractivity contribution in [2.75, 3.05) is 7.11 Å². The molecule has 2 aromatic rings. The molecule has 2 aromatic carbocycles. The Hall–Kier alpha value is -2.70. The molecule has 3 aliphatic rings. The molecule has 0 amide bonds. The summed E-state index contributed by atoms with van der Waals surface area (Å²) in [5.41, 5.74) is 0.129. The quantitative estimate of drug-likeness (QED) is 0.447. The molecule has 150 valence electrons. The molecule has 3 fully saturated rings. The number of methoxy groups -OCH3 is 1. The highest BCUT2D eigenvalue weighted by Crippen LogP contribution is 2.65. The maximum Gasteiger partial charge on any atom is 0.308 e. The van der Waals surface area contributed by atoms with Crippen molar-refractivity contribution in [3.05, 3.63) is 59.7 Å². The Kier molecular flexibility index (Phi) is 4.05. The van der Waals surface area contributed by atoms with Crippen LogP contribution in [0.3, 0.4) is 0 Å². The molecule has 1 aliphatic carbocycles. The molecular weight excluding hydrogens is 372 g/mol. The summed E-state index contributed by atoms with van der Waals surface area (Å²) in [7, 11) is 1.62. The van der Waals surface area contributed by atoms with Gasteiger partial charge in [0.05, 0.1) is 7.11 Å². The van der Waals surface area contributed by atoms with Crippen LogP contribution in [-0.4, -0.2) is 30.1 Å². The molecule has 2 heterocycles. The van der Waals surface area contributed by atoms with Crippen LogP contribution in [0.2, 0.25) is 0 Å². The fourth-order valence-corrected chi connectivity index (χ4v) is 4.66. The Morgan fingerprint density at radius 1 is 0.966 bits per heavy atom. The number of hydrogen-bond donors (Lipinski definition) is 0. The van der Waals surface area contributed by atoms with E-state index < -0.39 is 11.2 Å². The molecule has 5 rings (SSSR count). The second-order valence-electron chi connectivity index (χ2n) is 7.90. The van der Waals surface area contributed by atoms with E-state index in [1.165, 1.54) is 6.92 Å². The zero-order valence-electron chi connectivity index (χ0n) is 16.3. The van der Waals surface area contributed by atoms with Crippen LogP contribution in [0.4, 0.5) is 0 Å². The van der Waals surface area contributed by atoms with Crippen molar-refractivity contribution in [1.29, 1.82) is 0 Å². The SMILES string of the molecule is COc1cccc(C2OC23CCCC2(OC2c2cccc(OC(C)=O)c2)C3=O)c1. The lowest BCUT2D eigenvalue weighted by molar-refractivity contribution is -0.132. The fourth-order valence-electron chi connectivity index (χ4n) is 4.66. The van der Waals surface area contributed by atoms with Crippen LogP contribution < -0.4 is 9.47 Å². The molecule has 4 atom stereocenters. The normalized spacial score (nSPS) is 32.3. The molecule has 6 heteroatoms. The van der Waals surface area contributed by atoms with Crippen LogP contribution in [0.5, 0.6) is 11.5 Å². The number of ketones is 1. The van der Waals surface area contributed by atoms with Gasteiger partial charge in [-0.05, 0) is 54.7 Å². The van der Waals surface area contributed by atoms with E-state index >= 15 is 0 Å². The molecule has 2 aliphatic heterocycles. The zero-order chi connectivity index (χ0) is 20.2. The molecule has 0 radical (unpaired) electrons. The van der Waals surface area contributed by atoms with Crippen LogP contribution in [-0.2, 0) is 19.1 Å². The van der Waals surface area contributed by atoms with E-state index in [1.54, 1.807) is 25.3 Å². The summed E-state index contributed by atoms with van der Waals surface area (Å²) in [5, 5.41) is 0. The number of benzene rings is 2. The molecule has 2 spiro atoms. The topological polar surface area (TPSA) is 77.7 Å². The van der Waals surface area contributed by atoms with Gasteiger partial charge in [-0.25, -0.2) is 0 Å². The summed E-state index contributed by atoms with van der Waals surface area (Å²) in [5.74, 6) is 0.838. The molecule has 0 N–H and O–H groups in total. The lowest BCUT2D eigenvalue weighted by Gasteiger charge is -2.24. The Balaban J connectivity index is 1.39. The van der Waals surface area contributed by atoms with Gasteiger partial charge >= 0.3 is 5.97 Å². The third-order valence-corrected chi connectivity index (χ3v) is 6.07. The predicted molar refractivity (Wildman–Crippen MR) is 103 cm³/mol. The van der Waals surface area contributed by atoms with Crippen molar-refractivity contribution in [2.24, 2.45) is 0 Å². The van der Waals surface area contributed by atoms with Gasteiger partial charge in [-0.15, -0.1) is 0 Å². The highest BCUT2D eigenvalue weighted by atomic mass is 16.6. The van der Waals surface area contributed by atoms with Crippen molar-refractivity contribution >= 4 is 11.8 Å². The summed E-state index contributed by atoms with van der Waals surface area (Å²) >= 11 is 0. The van der Waals surface area contributed by atoms with Crippen LogP contribution in [0.25, 0.3) is 0 Å². The molecule has 1 saturated carbocycles. The standard InChI is InChI=1S/C23H22O6/c1-14(24)27-18-9-4-7-16(13-18)20-23(29-20)11-5-10-22(21(23)25)19(28-22)15-6-3-8-17(12-15)26-2/h3-4,6-9,12-13,19-20H,5,10-11H2,1-2H3. The smallest absolute Gasteiger partial charge is 0.308 e. The van der Waals surface area contributed by atoms with Crippen LogP contribution in [0.1, 0.15) is 49.5 Å². The average Bonchev–Trinajstić information content (AvgIpc) is 3.61. The van der Waals surface area contributed by atoms with E-state index in [-0.39, 0.29) is 24.0 Å². The number of hydrogen-bond acceptors (Lipinski definition) is 6. The van der Waals surface area contributed by atoms with Crippen molar-refractivity contribution in [3.63, 3.8) is 0 Å². The zero-order valence-corrected chi connectivity index (χ0v) is 16.3. The van der Waals surface area contributed by atoms with Gasteiger partial charge < -0.3 is 18.9 Å². The van der Waals surface area contributed by atoms with E-state index in [0.717, 1.165) is 23.3 Å². The number of ether oxygens (including phenoxy) is 4. The van der Waals surface area contributed by atoms with Crippen molar-refractivity contribution in [3.8, 4) is 11.5 Å². The van der Waals surface area contributed by atoms with E-state index in [0.29, 0.717) is 18.6 Å². The highest BCUT2D eigenvalue weighted by Gasteiger charge is 2.76. The Labute approximate surface area is 168 Å². The lowest BCUT2D eigenvalue weighted by atomic mass is 9.74. The van der Waals surface area contributed by atoms with E-state index in [9.17, 15) is 9.59 Å². The van der Waals surface area contributed by atoms with Crippen LogP contribution >= 0.6 is 0 Å². The van der Waals surface area contributed by atoms with Gasteiger partial charge in [0.15, 0.2) is 11.2 Å². The Morgan fingerprint density at radius 3 is 2.07 bits per heavy atom. The van der Waals surface area contributed by atoms with E-state index in [2.05, 4.69) is 0 Å². The van der Waals surface area contributed by atoms with Crippen LogP contribution in [0.15, 0.2) is 48.5 Å². The summed E-state index contributed by atoms with van der Waals surface area (Å²) in [6.07, 6.45) is 1.62. The minimum Gasteiger partial charge on any atom is -0.497 e. The van der Waals surface area contributed by atoms with Crippen LogP contribution in [0, 0.1) is 0 Å². The van der Waals surface area contributed by atoms with Gasteiger partial charge in [0.25, 0.3) is 0 Å². The van der Waals surface area contributed by atoms with E-state index in [4.69, 9.17) is 18.9 Å². The van der Waals surface area contributed by atoms with Gasteiger partial charge in [-0.3, -0.25) is 9.59 Å². The number of Topliss-reactive ketones (excluding diaryl/α,β-unsaturated/α-hetero) is 1. The summed E-state index contributed by atoms with van der Waals surface area (Å²) in [4.78, 5) is 24.7. The number of epoxide rings is 2. The predicted octanol–water partition coefficient (Wildman–Crippen LogP) is 3.69. The highest BCUT2D eigenvalue weighted by molar-refractivity contribution is 6.01. The number of carbonyl (C=O) groups is 2. The molecule has 6 nitrogen and oxygen atoms in total. The fraction of sp³-hybridized carbons (Fsp3) is 0.391. The largest absolute Gasteiger partial charge is 0.497 e. The summed E-state index contributed by atoms with van der Waals surface area (Å²) < 4.78 is 22.5. The second-order valence-corrected chi connectivity index (χ2v) is 7.90. The molecule has 0 aromatic heterocycles. The third kappa shape index (κ3) is 2.86. The molecule has 0 bridgehead atoms. The summed E-state index contributed by atoms with van der Waals surface area (Å²) in [6.45, 7) is 1.36. The number of rotatable bonds is 4. The molecule has 4 unspecified atom stereocenters. The monoisotopic (exact) mass is 394 g/mol.